The van der Waals surface area contributed by atoms with Gasteiger partial charge in [0.15, 0.2) is 0 Å². The second-order valence-corrected chi connectivity index (χ2v) is 8.43. The average Bonchev–Trinajstić information content (AvgIpc) is 2.81. The molecule has 0 radical (unpaired) electrons. The summed E-state index contributed by atoms with van der Waals surface area (Å²) in [6, 6.07) is 16.1. The van der Waals surface area contributed by atoms with Crippen molar-refractivity contribution in [1.82, 2.24) is 10.2 Å². The Bertz CT molecular complexity index is 1260. The van der Waals surface area contributed by atoms with Crippen LogP contribution in [0.2, 0.25) is 10.0 Å². The number of allylic oxidation sites excluding steroid dienone is 4. The first-order valence-corrected chi connectivity index (χ1v) is 10.9. The standard InChI is InChI=1S/C18H14Cl2.C8H6N2/c19-16-9-10-17(20)18-14-6-5-11-3-1-2-4-12(11)13(14)7-8-15(16)18;1-2-4-8-6-10-9-5-7(8)3-1/h2,4,7-10H,1,3,5-6H2;1-6H. The Morgan fingerprint density at radius 1 is 0.733 bits per heavy atom. The van der Waals surface area contributed by atoms with E-state index in [0.29, 0.717) is 0 Å². The summed E-state index contributed by atoms with van der Waals surface area (Å²) in [5.41, 5.74) is 5.71. The molecule has 0 N–H and O–H groups in total. The SMILES string of the molecule is Clc1ccc(Cl)c2c3c(ccc12)C1=C(CCC=C1)CC3.c1ccc2cnncc2c1. The maximum absolute atomic E-state index is 6.45. The van der Waals surface area contributed by atoms with Crippen LogP contribution in [-0.4, -0.2) is 10.2 Å². The van der Waals surface area contributed by atoms with Crippen LogP contribution in [0.1, 0.15) is 30.4 Å². The van der Waals surface area contributed by atoms with Crippen LogP contribution >= 0.6 is 23.2 Å². The molecule has 0 unspecified atom stereocenters. The second kappa shape index (κ2) is 8.22. The third-order valence-electron chi connectivity index (χ3n) is 5.89. The number of aryl methyl sites for hydroxylation is 1. The molecule has 0 bridgehead atoms. The lowest BCUT2D eigenvalue weighted by atomic mass is 9.79. The number of rotatable bonds is 0. The Morgan fingerprint density at radius 3 is 2.23 bits per heavy atom. The van der Waals surface area contributed by atoms with Gasteiger partial charge < -0.3 is 0 Å². The highest BCUT2D eigenvalue weighted by Crippen LogP contribution is 2.42. The second-order valence-electron chi connectivity index (χ2n) is 7.62. The van der Waals surface area contributed by atoms with Gasteiger partial charge in [-0.25, -0.2) is 0 Å². The van der Waals surface area contributed by atoms with E-state index in [-0.39, 0.29) is 0 Å². The molecule has 0 amide bonds. The zero-order valence-corrected chi connectivity index (χ0v) is 17.9. The Balaban J connectivity index is 0.000000161. The van der Waals surface area contributed by atoms with Crippen molar-refractivity contribution >= 4 is 50.3 Å². The van der Waals surface area contributed by atoms with E-state index in [0.717, 1.165) is 44.4 Å². The minimum Gasteiger partial charge on any atom is -0.158 e. The van der Waals surface area contributed by atoms with Crippen LogP contribution in [0.25, 0.3) is 27.1 Å². The van der Waals surface area contributed by atoms with Gasteiger partial charge in [-0.15, -0.1) is 0 Å². The fourth-order valence-electron chi connectivity index (χ4n) is 4.42. The lowest BCUT2D eigenvalue weighted by Crippen LogP contribution is -2.07. The van der Waals surface area contributed by atoms with Crippen molar-refractivity contribution in [2.24, 2.45) is 0 Å². The topological polar surface area (TPSA) is 25.8 Å². The van der Waals surface area contributed by atoms with Crippen molar-refractivity contribution in [3.63, 3.8) is 0 Å². The van der Waals surface area contributed by atoms with Gasteiger partial charge >= 0.3 is 0 Å². The average molecular weight is 431 g/mol. The van der Waals surface area contributed by atoms with Crippen LogP contribution in [0.3, 0.4) is 0 Å². The molecule has 4 aromatic rings. The van der Waals surface area contributed by atoms with Crippen LogP contribution in [0, 0.1) is 0 Å². The highest BCUT2D eigenvalue weighted by atomic mass is 35.5. The molecule has 4 heteroatoms. The number of halogens is 2. The van der Waals surface area contributed by atoms with Gasteiger partial charge in [0.2, 0.25) is 0 Å². The number of hydrogen-bond donors (Lipinski definition) is 0. The Kier molecular flexibility index (Phi) is 5.28. The highest BCUT2D eigenvalue weighted by molar-refractivity contribution is 6.40. The summed E-state index contributed by atoms with van der Waals surface area (Å²) in [5.74, 6) is 0. The van der Waals surface area contributed by atoms with Crippen molar-refractivity contribution in [3.8, 4) is 0 Å². The van der Waals surface area contributed by atoms with Crippen molar-refractivity contribution in [2.45, 2.75) is 25.7 Å². The van der Waals surface area contributed by atoms with E-state index in [9.17, 15) is 0 Å². The third-order valence-corrected chi connectivity index (χ3v) is 6.53. The molecule has 2 aliphatic rings. The van der Waals surface area contributed by atoms with E-state index in [4.69, 9.17) is 23.2 Å². The molecule has 0 saturated heterocycles. The maximum atomic E-state index is 6.45. The molecule has 6 rings (SSSR count). The number of fused-ring (bicyclic) bond motifs is 5. The van der Waals surface area contributed by atoms with Gasteiger partial charge in [0, 0.05) is 31.6 Å². The first-order valence-electron chi connectivity index (χ1n) is 10.2. The molecule has 0 atom stereocenters. The molecule has 1 heterocycles. The molecule has 0 saturated carbocycles. The molecule has 2 aliphatic carbocycles. The Labute approximate surface area is 185 Å². The van der Waals surface area contributed by atoms with E-state index >= 15 is 0 Å². The van der Waals surface area contributed by atoms with Crippen LogP contribution in [0.5, 0.6) is 0 Å². The molecule has 0 aliphatic heterocycles. The van der Waals surface area contributed by atoms with E-state index in [1.807, 2.05) is 36.4 Å². The molecule has 2 nitrogen and oxygen atoms in total. The summed E-state index contributed by atoms with van der Waals surface area (Å²) >= 11 is 12.8. The van der Waals surface area contributed by atoms with Crippen molar-refractivity contribution in [3.05, 3.63) is 99.8 Å². The van der Waals surface area contributed by atoms with E-state index in [1.165, 1.54) is 29.5 Å². The van der Waals surface area contributed by atoms with Crippen molar-refractivity contribution < 1.29 is 0 Å². The first-order chi connectivity index (χ1) is 14.7. The van der Waals surface area contributed by atoms with Gasteiger partial charge in [-0.05, 0) is 54.5 Å². The summed E-state index contributed by atoms with van der Waals surface area (Å²) in [5, 5.41) is 13.6. The largest absolute Gasteiger partial charge is 0.158 e. The van der Waals surface area contributed by atoms with Crippen molar-refractivity contribution in [1.29, 1.82) is 0 Å². The van der Waals surface area contributed by atoms with E-state index in [2.05, 4.69) is 34.5 Å². The zero-order chi connectivity index (χ0) is 20.5. The Morgan fingerprint density at radius 2 is 1.47 bits per heavy atom. The van der Waals surface area contributed by atoms with E-state index in [1.54, 1.807) is 18.0 Å². The molecular formula is C26H20Cl2N2. The lowest BCUT2D eigenvalue weighted by molar-refractivity contribution is 0.831. The molecule has 148 valence electrons. The van der Waals surface area contributed by atoms with Gasteiger partial charge in [-0.1, -0.05) is 77.3 Å². The number of benzene rings is 3. The molecule has 0 spiro atoms. The summed E-state index contributed by atoms with van der Waals surface area (Å²) in [7, 11) is 0. The first kappa shape index (κ1) is 19.3. The van der Waals surface area contributed by atoms with Crippen molar-refractivity contribution in [2.75, 3.05) is 0 Å². The maximum Gasteiger partial charge on any atom is 0.0574 e. The summed E-state index contributed by atoms with van der Waals surface area (Å²) in [6.07, 6.45) is 12.7. The minimum absolute atomic E-state index is 0.783. The molecule has 1 aromatic heterocycles. The Hall–Kier alpha value is -2.68. The predicted octanol–water partition coefficient (Wildman–Crippen LogP) is 7.83. The predicted molar refractivity (Wildman–Crippen MR) is 127 cm³/mol. The molecule has 0 fully saturated rings. The molecule has 30 heavy (non-hydrogen) atoms. The number of hydrogen-bond acceptors (Lipinski definition) is 2. The lowest BCUT2D eigenvalue weighted by Gasteiger charge is -2.25. The minimum atomic E-state index is 0.783. The highest BCUT2D eigenvalue weighted by Gasteiger charge is 2.22. The normalized spacial score (nSPS) is 14.9. The van der Waals surface area contributed by atoms with Gasteiger partial charge in [0.05, 0.1) is 12.4 Å². The van der Waals surface area contributed by atoms with Gasteiger partial charge in [-0.3, -0.25) is 0 Å². The summed E-state index contributed by atoms with van der Waals surface area (Å²) < 4.78 is 0. The quantitative estimate of drug-likeness (QED) is 0.284. The molecule has 3 aromatic carbocycles. The van der Waals surface area contributed by atoms with Gasteiger partial charge in [0.25, 0.3) is 0 Å². The fraction of sp³-hybridized carbons (Fsp3) is 0.154. The van der Waals surface area contributed by atoms with E-state index < -0.39 is 0 Å². The third kappa shape index (κ3) is 3.51. The monoisotopic (exact) mass is 430 g/mol. The number of aromatic nitrogens is 2. The fourth-order valence-corrected chi connectivity index (χ4v) is 4.91. The van der Waals surface area contributed by atoms with Crippen LogP contribution in [0.4, 0.5) is 0 Å². The smallest absolute Gasteiger partial charge is 0.0574 e. The van der Waals surface area contributed by atoms with Crippen LogP contribution in [0.15, 0.2) is 78.6 Å². The number of nitrogens with zero attached hydrogens (tertiary/aromatic N) is 2. The van der Waals surface area contributed by atoms with Gasteiger partial charge in [-0.2, -0.15) is 10.2 Å². The van der Waals surface area contributed by atoms with Crippen LogP contribution < -0.4 is 0 Å². The summed E-state index contributed by atoms with van der Waals surface area (Å²) in [4.78, 5) is 0. The van der Waals surface area contributed by atoms with Gasteiger partial charge in [0.1, 0.15) is 0 Å². The van der Waals surface area contributed by atoms with Crippen LogP contribution in [-0.2, 0) is 6.42 Å². The molecular weight excluding hydrogens is 411 g/mol. The summed E-state index contributed by atoms with van der Waals surface area (Å²) in [6.45, 7) is 0. The zero-order valence-electron chi connectivity index (χ0n) is 16.4.